The van der Waals surface area contributed by atoms with E-state index in [-0.39, 0.29) is 12.2 Å². The maximum Gasteiger partial charge on any atom is 0.126 e. The Balaban J connectivity index is 2.20. The first-order valence-electron chi connectivity index (χ1n) is 5.51. The van der Waals surface area contributed by atoms with E-state index in [4.69, 9.17) is 0 Å². The summed E-state index contributed by atoms with van der Waals surface area (Å²) in [6.45, 7) is 1.88. The van der Waals surface area contributed by atoms with Crippen LogP contribution in [-0.4, -0.2) is 10.1 Å². The predicted molar refractivity (Wildman–Crippen MR) is 64.0 cm³/mol. The Kier molecular flexibility index (Phi) is 3.49. The normalized spacial score (nSPS) is 12.4. The van der Waals surface area contributed by atoms with E-state index in [1.165, 1.54) is 6.07 Å². The third kappa shape index (κ3) is 2.68. The van der Waals surface area contributed by atoms with Crippen LogP contribution in [0.1, 0.15) is 22.9 Å². The van der Waals surface area contributed by atoms with Crippen LogP contribution in [0.5, 0.6) is 0 Å². The van der Waals surface area contributed by atoms with Crippen molar-refractivity contribution in [3.63, 3.8) is 0 Å². The lowest BCUT2D eigenvalue weighted by Crippen LogP contribution is -2.07. The first-order chi connectivity index (χ1) is 8.18. The zero-order valence-electron chi connectivity index (χ0n) is 9.60. The zero-order chi connectivity index (χ0) is 12.3. The molecule has 1 heterocycles. The van der Waals surface area contributed by atoms with Gasteiger partial charge in [-0.05, 0) is 30.2 Å². The van der Waals surface area contributed by atoms with Crippen LogP contribution in [0.4, 0.5) is 4.39 Å². The van der Waals surface area contributed by atoms with E-state index in [1.807, 2.05) is 19.1 Å². The van der Waals surface area contributed by atoms with Crippen molar-refractivity contribution in [2.75, 3.05) is 0 Å². The minimum atomic E-state index is -0.770. The largest absolute Gasteiger partial charge is 0.386 e. The van der Waals surface area contributed by atoms with Gasteiger partial charge < -0.3 is 5.11 Å². The van der Waals surface area contributed by atoms with Crippen molar-refractivity contribution in [3.8, 4) is 0 Å². The summed E-state index contributed by atoms with van der Waals surface area (Å²) in [6.07, 6.45) is 1.10. The lowest BCUT2D eigenvalue weighted by atomic mass is 10.0. The second kappa shape index (κ2) is 5.06. The number of hydrogen-bond donors (Lipinski definition) is 1. The van der Waals surface area contributed by atoms with Gasteiger partial charge in [0.05, 0.1) is 5.69 Å². The average molecular weight is 231 g/mol. The van der Waals surface area contributed by atoms with Crippen molar-refractivity contribution in [3.05, 3.63) is 65.2 Å². The van der Waals surface area contributed by atoms with E-state index < -0.39 is 6.10 Å². The van der Waals surface area contributed by atoms with Crippen LogP contribution in [0.3, 0.4) is 0 Å². The summed E-state index contributed by atoms with van der Waals surface area (Å²) in [4.78, 5) is 4.13. The van der Waals surface area contributed by atoms with Gasteiger partial charge in [-0.15, -0.1) is 0 Å². The molecule has 0 saturated carbocycles. The van der Waals surface area contributed by atoms with Crippen LogP contribution in [0.25, 0.3) is 0 Å². The molecule has 1 aromatic heterocycles. The minimum Gasteiger partial charge on any atom is -0.386 e. The molecule has 3 heteroatoms. The Bertz CT molecular complexity index is 513. The first-order valence-corrected chi connectivity index (χ1v) is 5.51. The molecule has 17 heavy (non-hydrogen) atoms. The van der Waals surface area contributed by atoms with Gasteiger partial charge in [-0.1, -0.05) is 24.3 Å². The van der Waals surface area contributed by atoms with Crippen molar-refractivity contribution >= 4 is 0 Å². The molecule has 1 atom stereocenters. The van der Waals surface area contributed by atoms with Gasteiger partial charge in [-0.2, -0.15) is 0 Å². The van der Waals surface area contributed by atoms with Gasteiger partial charge in [0.15, 0.2) is 0 Å². The van der Waals surface area contributed by atoms with Gasteiger partial charge in [-0.25, -0.2) is 4.39 Å². The summed E-state index contributed by atoms with van der Waals surface area (Å²) >= 11 is 0. The van der Waals surface area contributed by atoms with E-state index in [9.17, 15) is 9.50 Å². The summed E-state index contributed by atoms with van der Waals surface area (Å²) in [5.74, 6) is -0.292. The topological polar surface area (TPSA) is 33.1 Å². The zero-order valence-corrected chi connectivity index (χ0v) is 9.60. The number of rotatable bonds is 3. The standard InChI is InChI=1S/C14H14FNO/c1-10-5-4-8-16-14(10)13(17)9-11-6-2-3-7-12(11)15/h2-8,13,17H,9H2,1H3. The molecule has 88 valence electrons. The summed E-state index contributed by atoms with van der Waals surface area (Å²) in [5.41, 5.74) is 2.03. The fourth-order valence-electron chi connectivity index (χ4n) is 1.82. The number of aromatic nitrogens is 1. The molecule has 0 amide bonds. The Morgan fingerprint density at radius 3 is 2.71 bits per heavy atom. The fourth-order valence-corrected chi connectivity index (χ4v) is 1.82. The number of pyridine rings is 1. The van der Waals surface area contributed by atoms with E-state index >= 15 is 0 Å². The number of aliphatic hydroxyl groups excluding tert-OH is 1. The highest BCUT2D eigenvalue weighted by Crippen LogP contribution is 2.20. The van der Waals surface area contributed by atoms with E-state index in [0.717, 1.165) is 5.56 Å². The maximum absolute atomic E-state index is 13.4. The second-order valence-corrected chi connectivity index (χ2v) is 4.02. The monoisotopic (exact) mass is 231 g/mol. The van der Waals surface area contributed by atoms with Gasteiger partial charge in [0, 0.05) is 12.6 Å². The minimum absolute atomic E-state index is 0.241. The third-order valence-electron chi connectivity index (χ3n) is 2.74. The lowest BCUT2D eigenvalue weighted by Gasteiger charge is -2.12. The molecule has 0 aliphatic rings. The molecule has 2 rings (SSSR count). The molecule has 0 aliphatic heterocycles. The van der Waals surface area contributed by atoms with Crippen LogP contribution >= 0.6 is 0 Å². The molecule has 1 unspecified atom stereocenters. The summed E-state index contributed by atoms with van der Waals surface area (Å²) in [7, 11) is 0. The number of aliphatic hydroxyl groups is 1. The third-order valence-corrected chi connectivity index (χ3v) is 2.74. The fraction of sp³-hybridized carbons (Fsp3) is 0.214. The highest BCUT2D eigenvalue weighted by atomic mass is 19.1. The Morgan fingerprint density at radius 1 is 1.24 bits per heavy atom. The Morgan fingerprint density at radius 2 is 2.00 bits per heavy atom. The van der Waals surface area contributed by atoms with Crippen molar-refractivity contribution in [1.29, 1.82) is 0 Å². The summed E-state index contributed by atoms with van der Waals surface area (Å²) < 4.78 is 13.4. The van der Waals surface area contributed by atoms with Crippen LogP contribution < -0.4 is 0 Å². The van der Waals surface area contributed by atoms with Gasteiger partial charge in [0.25, 0.3) is 0 Å². The van der Waals surface area contributed by atoms with E-state index in [2.05, 4.69) is 4.98 Å². The van der Waals surface area contributed by atoms with Crippen molar-refractivity contribution < 1.29 is 9.50 Å². The Hall–Kier alpha value is -1.74. The number of halogens is 1. The van der Waals surface area contributed by atoms with Gasteiger partial charge >= 0.3 is 0 Å². The van der Waals surface area contributed by atoms with Gasteiger partial charge in [0.1, 0.15) is 11.9 Å². The predicted octanol–water partition coefficient (Wildman–Crippen LogP) is 2.81. The number of benzene rings is 1. The molecule has 0 spiro atoms. The van der Waals surface area contributed by atoms with Crippen molar-refractivity contribution in [2.45, 2.75) is 19.4 Å². The van der Waals surface area contributed by atoms with Gasteiger partial charge in [-0.3, -0.25) is 4.98 Å². The Labute approximate surface area is 99.8 Å². The van der Waals surface area contributed by atoms with Crippen LogP contribution in [0, 0.1) is 12.7 Å². The smallest absolute Gasteiger partial charge is 0.126 e. The van der Waals surface area contributed by atoms with Crippen molar-refractivity contribution in [1.82, 2.24) is 4.98 Å². The van der Waals surface area contributed by atoms with Crippen molar-refractivity contribution in [2.24, 2.45) is 0 Å². The summed E-state index contributed by atoms with van der Waals surface area (Å²) in [6, 6.07) is 10.2. The molecule has 1 aromatic carbocycles. The van der Waals surface area contributed by atoms with E-state index in [1.54, 1.807) is 24.4 Å². The molecular formula is C14H14FNO. The maximum atomic E-state index is 13.4. The van der Waals surface area contributed by atoms with Crippen LogP contribution in [0.2, 0.25) is 0 Å². The molecule has 1 N–H and O–H groups in total. The lowest BCUT2D eigenvalue weighted by molar-refractivity contribution is 0.171. The number of aryl methyl sites for hydroxylation is 1. The molecule has 0 fully saturated rings. The molecule has 2 aromatic rings. The molecular weight excluding hydrogens is 217 g/mol. The second-order valence-electron chi connectivity index (χ2n) is 4.02. The molecule has 0 bridgehead atoms. The highest BCUT2D eigenvalue weighted by molar-refractivity contribution is 5.24. The SMILES string of the molecule is Cc1cccnc1C(O)Cc1ccccc1F. The molecule has 2 nitrogen and oxygen atoms in total. The molecule has 0 saturated heterocycles. The quantitative estimate of drug-likeness (QED) is 0.881. The summed E-state index contributed by atoms with van der Waals surface area (Å²) in [5, 5.41) is 10.1. The first kappa shape index (κ1) is 11.7. The molecule has 0 radical (unpaired) electrons. The van der Waals surface area contributed by atoms with Gasteiger partial charge in [0.2, 0.25) is 0 Å². The molecule has 0 aliphatic carbocycles. The average Bonchev–Trinajstić information content (AvgIpc) is 2.32. The van der Waals surface area contributed by atoms with Crippen LogP contribution in [0.15, 0.2) is 42.6 Å². The number of hydrogen-bond acceptors (Lipinski definition) is 2. The number of nitrogens with zero attached hydrogens (tertiary/aromatic N) is 1. The van der Waals surface area contributed by atoms with Crippen LogP contribution in [-0.2, 0) is 6.42 Å². The van der Waals surface area contributed by atoms with E-state index in [0.29, 0.717) is 11.3 Å². The highest BCUT2D eigenvalue weighted by Gasteiger charge is 2.14.